The zero-order chi connectivity index (χ0) is 16.5. The molecule has 1 N–H and O–H groups in total. The van der Waals surface area contributed by atoms with Crippen LogP contribution in [0.2, 0.25) is 0 Å². The van der Waals surface area contributed by atoms with Gasteiger partial charge in [-0.25, -0.2) is 4.79 Å². The van der Waals surface area contributed by atoms with Gasteiger partial charge < -0.3 is 10.1 Å². The minimum atomic E-state index is -0.904. The summed E-state index contributed by atoms with van der Waals surface area (Å²) in [5.74, 6) is -0.681. The fourth-order valence-corrected chi connectivity index (χ4v) is 2.38. The van der Waals surface area contributed by atoms with Crippen molar-refractivity contribution in [1.82, 2.24) is 5.32 Å². The molecule has 0 aliphatic rings. The predicted octanol–water partition coefficient (Wildman–Crippen LogP) is 2.22. The number of carbonyl (C=O) groups is 3. The first-order valence-corrected chi connectivity index (χ1v) is 7.75. The Balaban J connectivity index is 2.74. The van der Waals surface area contributed by atoms with E-state index in [4.69, 9.17) is 4.74 Å². The number of thioether (sulfide) groups is 1. The summed E-state index contributed by atoms with van der Waals surface area (Å²) in [5, 5.41) is 2.56. The van der Waals surface area contributed by atoms with Gasteiger partial charge in [0.1, 0.15) is 5.78 Å². The number of benzene rings is 1. The molecule has 1 atom stereocenters. The molecule has 0 aliphatic carbocycles. The maximum atomic E-state index is 12.2. The van der Waals surface area contributed by atoms with Crippen molar-refractivity contribution in [2.24, 2.45) is 0 Å². The second kappa shape index (κ2) is 9.04. The van der Waals surface area contributed by atoms with Crippen LogP contribution in [-0.4, -0.2) is 36.1 Å². The largest absolute Gasteiger partial charge is 0.449 e. The normalized spacial score (nSPS) is 11.4. The molecule has 118 valence electrons. The Hall–Kier alpha value is -2.08. The molecule has 0 spiro atoms. The lowest BCUT2D eigenvalue weighted by Gasteiger charge is -2.14. The number of rotatable bonds is 8. The summed E-state index contributed by atoms with van der Waals surface area (Å²) in [6.45, 7) is 6.79. The van der Waals surface area contributed by atoms with Gasteiger partial charge >= 0.3 is 5.97 Å². The lowest BCUT2D eigenvalue weighted by molar-refractivity contribution is -0.128. The highest BCUT2D eigenvalue weighted by Crippen LogP contribution is 2.23. The minimum absolute atomic E-state index is 0.0188. The molecule has 22 heavy (non-hydrogen) atoms. The Morgan fingerprint density at radius 1 is 1.36 bits per heavy atom. The van der Waals surface area contributed by atoms with Crippen molar-refractivity contribution < 1.29 is 19.1 Å². The van der Waals surface area contributed by atoms with Gasteiger partial charge in [0, 0.05) is 11.4 Å². The summed E-state index contributed by atoms with van der Waals surface area (Å²) in [6.07, 6.45) is 0.637. The smallest absolute Gasteiger partial charge is 0.340 e. The molecule has 5 nitrogen and oxygen atoms in total. The van der Waals surface area contributed by atoms with E-state index >= 15 is 0 Å². The molecule has 0 bridgehead atoms. The first-order valence-electron chi connectivity index (χ1n) is 6.76. The minimum Gasteiger partial charge on any atom is -0.449 e. The van der Waals surface area contributed by atoms with Crippen molar-refractivity contribution in [3.63, 3.8) is 0 Å². The molecular weight excluding hydrogens is 302 g/mol. The van der Waals surface area contributed by atoms with Crippen LogP contribution in [0.25, 0.3) is 0 Å². The molecule has 1 aromatic carbocycles. The zero-order valence-corrected chi connectivity index (χ0v) is 13.4. The number of Topliss-reactive ketones (excluding diaryl/α,β-unsaturated/α-hetero) is 1. The van der Waals surface area contributed by atoms with Gasteiger partial charge in [0.25, 0.3) is 5.91 Å². The van der Waals surface area contributed by atoms with Gasteiger partial charge in [0.15, 0.2) is 6.10 Å². The summed E-state index contributed by atoms with van der Waals surface area (Å²) in [7, 11) is 0. The molecule has 1 amide bonds. The summed E-state index contributed by atoms with van der Waals surface area (Å²) >= 11 is 1.27. The van der Waals surface area contributed by atoms with E-state index in [1.165, 1.54) is 25.6 Å². The third-order valence-corrected chi connectivity index (χ3v) is 3.83. The maximum absolute atomic E-state index is 12.2. The lowest BCUT2D eigenvalue weighted by Crippen LogP contribution is -2.35. The van der Waals surface area contributed by atoms with E-state index < -0.39 is 12.1 Å². The highest BCUT2D eigenvalue weighted by atomic mass is 32.2. The SMILES string of the molecule is C=CCNC(=O)[C@H](C)OC(=O)c1ccccc1SCC(C)=O. The quantitative estimate of drug-likeness (QED) is 0.451. The van der Waals surface area contributed by atoms with Gasteiger partial charge in [-0.2, -0.15) is 0 Å². The van der Waals surface area contributed by atoms with Crippen molar-refractivity contribution in [2.75, 3.05) is 12.3 Å². The van der Waals surface area contributed by atoms with Gasteiger partial charge in [0.05, 0.1) is 11.3 Å². The summed E-state index contributed by atoms with van der Waals surface area (Å²) in [6, 6.07) is 6.84. The topological polar surface area (TPSA) is 72.5 Å². The fourth-order valence-electron chi connectivity index (χ4n) is 1.53. The lowest BCUT2D eigenvalue weighted by atomic mass is 10.2. The summed E-state index contributed by atoms with van der Waals surface area (Å²) in [4.78, 5) is 35.6. The second-order valence-corrected chi connectivity index (χ2v) is 5.59. The maximum Gasteiger partial charge on any atom is 0.340 e. The number of carbonyl (C=O) groups excluding carboxylic acids is 3. The van der Waals surface area contributed by atoms with Crippen LogP contribution in [0.5, 0.6) is 0 Å². The Morgan fingerprint density at radius 2 is 2.05 bits per heavy atom. The van der Waals surface area contributed by atoms with Crippen LogP contribution in [0.1, 0.15) is 24.2 Å². The van der Waals surface area contributed by atoms with Crippen LogP contribution in [0.3, 0.4) is 0 Å². The van der Waals surface area contributed by atoms with E-state index in [1.807, 2.05) is 0 Å². The summed E-state index contributed by atoms with van der Waals surface area (Å²) in [5.41, 5.74) is 0.345. The number of amides is 1. The molecule has 0 aromatic heterocycles. The van der Waals surface area contributed by atoms with E-state index in [1.54, 1.807) is 30.3 Å². The van der Waals surface area contributed by atoms with Crippen LogP contribution >= 0.6 is 11.8 Å². The number of nitrogens with one attached hydrogen (secondary N) is 1. The second-order valence-electron chi connectivity index (χ2n) is 4.57. The Bertz CT molecular complexity index is 571. The van der Waals surface area contributed by atoms with Crippen LogP contribution in [0, 0.1) is 0 Å². The fraction of sp³-hybridized carbons (Fsp3) is 0.312. The molecule has 0 fully saturated rings. The zero-order valence-electron chi connectivity index (χ0n) is 12.6. The van der Waals surface area contributed by atoms with Crippen molar-refractivity contribution in [3.8, 4) is 0 Å². The van der Waals surface area contributed by atoms with Gasteiger partial charge in [-0.05, 0) is 26.0 Å². The van der Waals surface area contributed by atoms with E-state index in [-0.39, 0.29) is 17.4 Å². The molecule has 0 aliphatic heterocycles. The average Bonchev–Trinajstić information content (AvgIpc) is 2.50. The Morgan fingerprint density at radius 3 is 2.68 bits per heavy atom. The third kappa shape index (κ3) is 5.73. The molecule has 0 saturated heterocycles. The van der Waals surface area contributed by atoms with Crippen molar-refractivity contribution in [2.45, 2.75) is 24.8 Å². The highest BCUT2D eigenvalue weighted by Gasteiger charge is 2.20. The van der Waals surface area contributed by atoms with Crippen molar-refractivity contribution in [1.29, 1.82) is 0 Å². The molecule has 0 saturated carbocycles. The first-order chi connectivity index (χ1) is 10.5. The monoisotopic (exact) mass is 321 g/mol. The number of esters is 1. The summed E-state index contributed by atoms with van der Waals surface area (Å²) < 4.78 is 5.16. The van der Waals surface area contributed by atoms with Crippen LogP contribution in [-0.2, 0) is 14.3 Å². The van der Waals surface area contributed by atoms with Gasteiger partial charge in [-0.3, -0.25) is 9.59 Å². The van der Waals surface area contributed by atoms with E-state index in [0.29, 0.717) is 17.0 Å². The molecule has 1 rings (SSSR count). The van der Waals surface area contributed by atoms with Crippen molar-refractivity contribution in [3.05, 3.63) is 42.5 Å². The molecular formula is C16H19NO4S. The standard InChI is InChI=1S/C16H19NO4S/c1-4-9-17-15(19)12(3)21-16(20)13-7-5-6-8-14(13)22-10-11(2)18/h4-8,12H,1,9-10H2,2-3H3,(H,17,19)/t12-/m0/s1. The Labute approximate surface area is 134 Å². The van der Waals surface area contributed by atoms with Crippen LogP contribution < -0.4 is 5.32 Å². The Kier molecular flexibility index (Phi) is 7.39. The molecule has 0 unspecified atom stereocenters. The molecule has 0 heterocycles. The molecule has 1 aromatic rings. The van der Waals surface area contributed by atoms with Gasteiger partial charge in [0.2, 0.25) is 0 Å². The average molecular weight is 321 g/mol. The third-order valence-electron chi connectivity index (χ3n) is 2.61. The van der Waals surface area contributed by atoms with E-state index in [2.05, 4.69) is 11.9 Å². The van der Waals surface area contributed by atoms with Gasteiger partial charge in [-0.15, -0.1) is 18.3 Å². The van der Waals surface area contributed by atoms with Crippen LogP contribution in [0.15, 0.2) is 41.8 Å². The molecule has 0 radical (unpaired) electrons. The van der Waals surface area contributed by atoms with Crippen LogP contribution in [0.4, 0.5) is 0 Å². The van der Waals surface area contributed by atoms with E-state index in [0.717, 1.165) is 0 Å². The first kappa shape index (κ1) is 18.0. The van der Waals surface area contributed by atoms with E-state index in [9.17, 15) is 14.4 Å². The number of hydrogen-bond donors (Lipinski definition) is 1. The number of ketones is 1. The number of hydrogen-bond acceptors (Lipinski definition) is 5. The number of ether oxygens (including phenoxy) is 1. The predicted molar refractivity (Wildman–Crippen MR) is 85.9 cm³/mol. The highest BCUT2D eigenvalue weighted by molar-refractivity contribution is 8.00. The van der Waals surface area contributed by atoms with Gasteiger partial charge in [-0.1, -0.05) is 18.2 Å². The molecule has 6 heteroatoms. The van der Waals surface area contributed by atoms with Crippen molar-refractivity contribution >= 4 is 29.4 Å².